The first-order valence-electron chi connectivity index (χ1n) is 5.32. The molecule has 1 aliphatic heterocycles. The van der Waals surface area contributed by atoms with Crippen LogP contribution in [0.4, 0.5) is 0 Å². The van der Waals surface area contributed by atoms with Gasteiger partial charge in [0.2, 0.25) is 0 Å². The number of thioether (sulfide) groups is 2. The minimum atomic E-state index is 0.777. The first kappa shape index (κ1) is 10.4. The molecule has 1 heterocycles. The summed E-state index contributed by atoms with van der Waals surface area (Å²) in [5.41, 5.74) is 0. The van der Waals surface area contributed by atoms with E-state index in [9.17, 15) is 0 Å². The van der Waals surface area contributed by atoms with Gasteiger partial charge in [0.25, 0.3) is 0 Å². The SMILES string of the molecule is CCCCCC1Sc2ccccc2S1. The summed E-state index contributed by atoms with van der Waals surface area (Å²) in [6.07, 6.45) is 5.45. The number of unbranched alkanes of at least 4 members (excludes halogenated alkanes) is 2. The van der Waals surface area contributed by atoms with Crippen molar-refractivity contribution in [1.29, 1.82) is 0 Å². The van der Waals surface area contributed by atoms with E-state index in [-0.39, 0.29) is 0 Å². The summed E-state index contributed by atoms with van der Waals surface area (Å²) in [4.78, 5) is 2.97. The topological polar surface area (TPSA) is 0 Å². The molecule has 1 aliphatic rings. The molecule has 2 rings (SSSR count). The van der Waals surface area contributed by atoms with E-state index in [0.29, 0.717) is 0 Å². The lowest BCUT2D eigenvalue weighted by atomic mass is 10.2. The minimum absolute atomic E-state index is 0.777. The maximum Gasteiger partial charge on any atom is 0.0597 e. The number of hydrogen-bond acceptors (Lipinski definition) is 2. The van der Waals surface area contributed by atoms with E-state index < -0.39 is 0 Å². The molecule has 0 nitrogen and oxygen atoms in total. The quantitative estimate of drug-likeness (QED) is 0.674. The number of benzene rings is 1. The molecule has 0 spiro atoms. The second kappa shape index (κ2) is 5.13. The molecule has 0 saturated heterocycles. The zero-order chi connectivity index (χ0) is 9.80. The van der Waals surface area contributed by atoms with Crippen molar-refractivity contribution in [2.24, 2.45) is 0 Å². The standard InChI is InChI=1S/C12H16S2/c1-2-3-4-9-12-13-10-7-5-6-8-11(10)14-12/h5-8,12H,2-4,9H2,1H3. The molecule has 0 amide bonds. The van der Waals surface area contributed by atoms with Gasteiger partial charge in [-0.25, -0.2) is 0 Å². The lowest BCUT2D eigenvalue weighted by molar-refractivity contribution is 0.697. The minimum Gasteiger partial charge on any atom is -0.110 e. The molecule has 14 heavy (non-hydrogen) atoms. The zero-order valence-electron chi connectivity index (χ0n) is 8.53. The summed E-state index contributed by atoms with van der Waals surface area (Å²) < 4.78 is 0.777. The van der Waals surface area contributed by atoms with Gasteiger partial charge in [0, 0.05) is 9.79 Å². The smallest absolute Gasteiger partial charge is 0.0597 e. The Morgan fingerprint density at radius 3 is 2.29 bits per heavy atom. The summed E-state index contributed by atoms with van der Waals surface area (Å²) in [7, 11) is 0. The second-order valence-corrected chi connectivity index (χ2v) is 6.40. The predicted octanol–water partition coefficient (Wildman–Crippen LogP) is 4.79. The highest BCUT2D eigenvalue weighted by atomic mass is 32.2. The molecule has 0 fully saturated rings. The molecule has 0 aromatic heterocycles. The van der Waals surface area contributed by atoms with E-state index in [1.807, 2.05) is 23.5 Å². The predicted molar refractivity (Wildman–Crippen MR) is 66.1 cm³/mol. The summed E-state index contributed by atoms with van der Waals surface area (Å²) in [5, 5.41) is 0. The van der Waals surface area contributed by atoms with Gasteiger partial charge >= 0.3 is 0 Å². The van der Waals surface area contributed by atoms with Gasteiger partial charge in [0.05, 0.1) is 4.58 Å². The Labute approximate surface area is 94.9 Å². The van der Waals surface area contributed by atoms with Crippen molar-refractivity contribution >= 4 is 23.5 Å². The molecule has 1 aromatic rings. The van der Waals surface area contributed by atoms with E-state index in [0.717, 1.165) is 4.58 Å². The van der Waals surface area contributed by atoms with Crippen LogP contribution < -0.4 is 0 Å². The summed E-state index contributed by atoms with van der Waals surface area (Å²) in [6, 6.07) is 8.77. The molecule has 0 atom stereocenters. The van der Waals surface area contributed by atoms with E-state index in [2.05, 4.69) is 31.2 Å². The highest BCUT2D eigenvalue weighted by Gasteiger charge is 2.21. The van der Waals surface area contributed by atoms with E-state index in [1.165, 1.54) is 35.5 Å². The van der Waals surface area contributed by atoms with Crippen LogP contribution in [0.1, 0.15) is 32.6 Å². The zero-order valence-corrected chi connectivity index (χ0v) is 10.2. The van der Waals surface area contributed by atoms with E-state index in [4.69, 9.17) is 0 Å². The van der Waals surface area contributed by atoms with Crippen molar-refractivity contribution in [2.75, 3.05) is 0 Å². The van der Waals surface area contributed by atoms with Gasteiger partial charge in [0.1, 0.15) is 0 Å². The Kier molecular flexibility index (Phi) is 3.82. The molecular formula is C12H16S2. The molecule has 2 heteroatoms. The largest absolute Gasteiger partial charge is 0.110 e. The van der Waals surface area contributed by atoms with Gasteiger partial charge < -0.3 is 0 Å². The average molecular weight is 224 g/mol. The van der Waals surface area contributed by atoms with Crippen molar-refractivity contribution in [1.82, 2.24) is 0 Å². The maximum atomic E-state index is 2.27. The van der Waals surface area contributed by atoms with Gasteiger partial charge in [-0.1, -0.05) is 38.3 Å². The third-order valence-corrected chi connectivity index (χ3v) is 5.33. The molecule has 0 aliphatic carbocycles. The second-order valence-electron chi connectivity index (χ2n) is 3.61. The molecule has 0 saturated carbocycles. The van der Waals surface area contributed by atoms with Gasteiger partial charge in [-0.2, -0.15) is 0 Å². The number of fused-ring (bicyclic) bond motifs is 1. The number of hydrogen-bond donors (Lipinski definition) is 0. The Morgan fingerprint density at radius 1 is 1.07 bits per heavy atom. The molecule has 76 valence electrons. The van der Waals surface area contributed by atoms with Crippen LogP contribution in [0.25, 0.3) is 0 Å². The normalized spacial score (nSPS) is 15.8. The van der Waals surface area contributed by atoms with Crippen LogP contribution >= 0.6 is 23.5 Å². The van der Waals surface area contributed by atoms with Gasteiger partial charge in [0.15, 0.2) is 0 Å². The van der Waals surface area contributed by atoms with Crippen molar-refractivity contribution < 1.29 is 0 Å². The molecule has 0 bridgehead atoms. The van der Waals surface area contributed by atoms with Crippen molar-refractivity contribution in [2.45, 2.75) is 47.0 Å². The Morgan fingerprint density at radius 2 is 1.71 bits per heavy atom. The Hall–Kier alpha value is -0.0800. The van der Waals surface area contributed by atoms with Crippen molar-refractivity contribution in [3.63, 3.8) is 0 Å². The summed E-state index contributed by atoms with van der Waals surface area (Å²) in [5.74, 6) is 0. The first-order chi connectivity index (χ1) is 6.90. The van der Waals surface area contributed by atoms with Crippen LogP contribution in [-0.4, -0.2) is 4.58 Å². The summed E-state index contributed by atoms with van der Waals surface area (Å²) in [6.45, 7) is 2.27. The van der Waals surface area contributed by atoms with Gasteiger partial charge in [-0.15, -0.1) is 23.5 Å². The highest BCUT2D eigenvalue weighted by molar-refractivity contribution is 8.19. The van der Waals surface area contributed by atoms with Crippen molar-refractivity contribution in [3.8, 4) is 0 Å². The third-order valence-electron chi connectivity index (χ3n) is 2.41. The van der Waals surface area contributed by atoms with E-state index in [1.54, 1.807) is 0 Å². The first-order valence-corrected chi connectivity index (χ1v) is 7.08. The number of rotatable bonds is 4. The van der Waals surface area contributed by atoms with Gasteiger partial charge in [-0.3, -0.25) is 0 Å². The van der Waals surface area contributed by atoms with E-state index >= 15 is 0 Å². The van der Waals surface area contributed by atoms with Crippen molar-refractivity contribution in [3.05, 3.63) is 24.3 Å². The average Bonchev–Trinajstić information content (AvgIpc) is 2.60. The summed E-state index contributed by atoms with van der Waals surface area (Å²) >= 11 is 4.10. The lowest BCUT2D eigenvalue weighted by Crippen LogP contribution is -1.90. The highest BCUT2D eigenvalue weighted by Crippen LogP contribution is 2.49. The fourth-order valence-electron chi connectivity index (χ4n) is 1.63. The van der Waals surface area contributed by atoms with Crippen LogP contribution in [0.15, 0.2) is 34.1 Å². The Bertz CT molecular complexity index is 271. The third kappa shape index (κ3) is 2.48. The molecular weight excluding hydrogens is 208 g/mol. The van der Waals surface area contributed by atoms with Crippen LogP contribution in [0, 0.1) is 0 Å². The molecule has 0 unspecified atom stereocenters. The molecule has 1 aromatic carbocycles. The van der Waals surface area contributed by atoms with Crippen LogP contribution in [-0.2, 0) is 0 Å². The lowest BCUT2D eigenvalue weighted by Gasteiger charge is -2.05. The molecule has 0 radical (unpaired) electrons. The fraction of sp³-hybridized carbons (Fsp3) is 0.500. The van der Waals surface area contributed by atoms with Crippen LogP contribution in [0.3, 0.4) is 0 Å². The Balaban J connectivity index is 1.86. The monoisotopic (exact) mass is 224 g/mol. The maximum absolute atomic E-state index is 2.27. The van der Waals surface area contributed by atoms with Crippen LogP contribution in [0.2, 0.25) is 0 Å². The van der Waals surface area contributed by atoms with Crippen LogP contribution in [0.5, 0.6) is 0 Å². The molecule has 0 N–H and O–H groups in total. The van der Waals surface area contributed by atoms with Gasteiger partial charge in [-0.05, 0) is 18.6 Å². The fourth-order valence-corrected chi connectivity index (χ4v) is 4.55.